The Bertz CT molecular complexity index is 245. The Balaban J connectivity index is 2.99. The predicted molar refractivity (Wildman–Crippen MR) is 41.2 cm³/mol. The van der Waals surface area contributed by atoms with Gasteiger partial charge in [-0.15, -0.1) is 0 Å². The van der Waals surface area contributed by atoms with Crippen LogP contribution in [-0.4, -0.2) is 0 Å². The molecule has 0 aromatic heterocycles. The van der Waals surface area contributed by atoms with Crippen molar-refractivity contribution in [3.63, 3.8) is 0 Å². The first kappa shape index (κ1) is 9.36. The van der Waals surface area contributed by atoms with Crippen LogP contribution in [0.5, 0.6) is 5.75 Å². The van der Waals surface area contributed by atoms with Crippen LogP contribution in [0, 0.1) is 42.9 Å². The summed E-state index contributed by atoms with van der Waals surface area (Å²) in [6, 6.07) is 6.24. The number of rotatable bonds is 2. The van der Waals surface area contributed by atoms with Crippen molar-refractivity contribution in [3.05, 3.63) is 29.3 Å². The average Bonchev–Trinajstić information content (AvgIpc) is 2.04. The van der Waals surface area contributed by atoms with Gasteiger partial charge in [0.2, 0.25) is 0 Å². The van der Waals surface area contributed by atoms with E-state index in [2.05, 4.69) is 61.9 Å². The Morgan fingerprint density at radius 2 is 2.18 bits per heavy atom. The molecule has 0 saturated heterocycles. The first-order chi connectivity index (χ1) is 5.27. The summed E-state index contributed by atoms with van der Waals surface area (Å²) in [6.45, 7) is 4.20. The summed E-state index contributed by atoms with van der Waals surface area (Å²) >= 11 is 2.26. The molecule has 0 bridgehead atoms. The second-order valence-electron chi connectivity index (χ2n) is 2.51. The van der Waals surface area contributed by atoms with Gasteiger partial charge in [-0.25, -0.2) is 0 Å². The second kappa shape index (κ2) is 4.33. The Hall–Kier alpha value is 0.267. The van der Waals surface area contributed by atoms with Gasteiger partial charge in [-0.2, -0.15) is 0 Å². The fraction of sp³-hybridized carbons (Fsp3) is 0.333. The van der Waals surface area contributed by atoms with Gasteiger partial charge in [0.25, 0.3) is 0 Å². The molecule has 1 aromatic carbocycles. The SMILES string of the molecule is CCc1ccc([O][Er])c(C)c1. The van der Waals surface area contributed by atoms with E-state index in [1.807, 2.05) is 6.07 Å². The fourth-order valence-corrected chi connectivity index (χ4v) is 1.42. The van der Waals surface area contributed by atoms with Crippen LogP contribution in [0.15, 0.2) is 18.2 Å². The number of hydrogen-bond donors (Lipinski definition) is 0. The first-order valence-electron chi connectivity index (χ1n) is 3.62. The Morgan fingerprint density at radius 1 is 1.45 bits per heavy atom. The van der Waals surface area contributed by atoms with Crippen LogP contribution in [0.25, 0.3) is 0 Å². The second-order valence-corrected chi connectivity index (χ2v) is 2.89. The Labute approximate surface area is 92.0 Å². The number of aryl methyl sites for hydroxylation is 2. The topological polar surface area (TPSA) is 9.23 Å². The number of benzene rings is 1. The number of hydrogen-bond acceptors (Lipinski definition) is 1. The molecular weight excluding hydrogens is 291 g/mol. The van der Waals surface area contributed by atoms with Gasteiger partial charge in [-0.3, -0.25) is 0 Å². The third kappa shape index (κ3) is 2.35. The van der Waals surface area contributed by atoms with Gasteiger partial charge in [-0.1, -0.05) is 0 Å². The standard InChI is InChI=1S/C9H12O.Er/c1-3-8-4-5-9(10)7(2)6-8;/h4-6,10H,3H2,1-2H3;/q;+1/p-1. The molecule has 0 radical (unpaired) electrons. The van der Waals surface area contributed by atoms with Crippen LogP contribution in [-0.2, 0) is 6.42 Å². The summed E-state index contributed by atoms with van der Waals surface area (Å²) in [5.74, 6) is 0.937. The van der Waals surface area contributed by atoms with E-state index in [1.165, 1.54) is 11.1 Å². The van der Waals surface area contributed by atoms with E-state index in [0.29, 0.717) is 0 Å². The summed E-state index contributed by atoms with van der Waals surface area (Å²) < 4.78 is 5.06. The van der Waals surface area contributed by atoms with Crippen molar-refractivity contribution in [2.45, 2.75) is 20.3 Å². The minimum absolute atomic E-state index is 0.937. The van der Waals surface area contributed by atoms with E-state index in [-0.39, 0.29) is 0 Å². The van der Waals surface area contributed by atoms with E-state index >= 15 is 0 Å². The summed E-state index contributed by atoms with van der Waals surface area (Å²) in [6.07, 6.45) is 1.08. The molecule has 0 atom stereocenters. The molecule has 1 nitrogen and oxygen atoms in total. The van der Waals surface area contributed by atoms with Crippen molar-refractivity contribution < 1.29 is 37.4 Å². The van der Waals surface area contributed by atoms with Gasteiger partial charge in [0.05, 0.1) is 0 Å². The maximum absolute atomic E-state index is 5.06. The van der Waals surface area contributed by atoms with Crippen molar-refractivity contribution >= 4 is 0 Å². The molecule has 0 unspecified atom stereocenters. The van der Waals surface area contributed by atoms with E-state index < -0.39 is 0 Å². The van der Waals surface area contributed by atoms with Gasteiger partial charge in [0.15, 0.2) is 0 Å². The van der Waals surface area contributed by atoms with Gasteiger partial charge in [0.1, 0.15) is 0 Å². The summed E-state index contributed by atoms with van der Waals surface area (Å²) in [5.41, 5.74) is 2.55. The molecule has 1 rings (SSSR count). The van der Waals surface area contributed by atoms with Crippen LogP contribution in [0.3, 0.4) is 0 Å². The third-order valence-electron chi connectivity index (χ3n) is 1.71. The molecule has 0 aliphatic heterocycles. The zero-order valence-electron chi connectivity index (χ0n) is 6.64. The van der Waals surface area contributed by atoms with E-state index in [0.717, 1.165) is 12.2 Å². The van der Waals surface area contributed by atoms with E-state index in [4.69, 9.17) is 1.50 Å². The van der Waals surface area contributed by atoms with Crippen LogP contribution in [0.1, 0.15) is 18.1 Å². The van der Waals surface area contributed by atoms with Crippen LogP contribution >= 0.6 is 0 Å². The molecule has 0 N–H and O–H groups in total. The van der Waals surface area contributed by atoms with E-state index in [9.17, 15) is 0 Å². The van der Waals surface area contributed by atoms with Gasteiger partial charge in [-0.05, 0) is 0 Å². The molecule has 0 aliphatic rings. The molecule has 1 aromatic rings. The molecule has 0 amide bonds. The Morgan fingerprint density at radius 3 is 2.64 bits per heavy atom. The third-order valence-corrected chi connectivity index (χ3v) is 2.12. The quantitative estimate of drug-likeness (QED) is 0.815. The Kier molecular flexibility index (Phi) is 3.68. The zero-order valence-corrected chi connectivity index (χ0v) is 8.49. The van der Waals surface area contributed by atoms with Crippen molar-refractivity contribution in [2.75, 3.05) is 0 Å². The molecule has 65 valence electrons. The van der Waals surface area contributed by atoms with Crippen molar-refractivity contribution in [1.82, 2.24) is 0 Å². The molecule has 0 fully saturated rings. The molecule has 0 heterocycles. The van der Waals surface area contributed by atoms with Gasteiger partial charge >= 0.3 is 92.8 Å². The summed E-state index contributed by atoms with van der Waals surface area (Å²) in [4.78, 5) is 0. The molecule has 0 saturated carbocycles. The van der Waals surface area contributed by atoms with Gasteiger partial charge < -0.3 is 0 Å². The van der Waals surface area contributed by atoms with Crippen molar-refractivity contribution in [2.24, 2.45) is 0 Å². The van der Waals surface area contributed by atoms with Crippen LogP contribution < -0.4 is 1.50 Å². The van der Waals surface area contributed by atoms with Crippen molar-refractivity contribution in [1.29, 1.82) is 0 Å². The monoisotopic (exact) mass is 301 g/mol. The van der Waals surface area contributed by atoms with Crippen LogP contribution in [0.2, 0.25) is 0 Å². The average molecular weight is 302 g/mol. The zero-order chi connectivity index (χ0) is 8.27. The summed E-state index contributed by atoms with van der Waals surface area (Å²) in [5, 5.41) is 0. The summed E-state index contributed by atoms with van der Waals surface area (Å²) in [7, 11) is 0. The molecule has 2 heteroatoms. The molecular formula is C9H11ErO. The first-order valence-corrected chi connectivity index (χ1v) is 4.38. The minimum atomic E-state index is 0.937. The predicted octanol–water partition coefficient (Wildman–Crippen LogP) is 2.40. The van der Waals surface area contributed by atoms with Gasteiger partial charge in [0, 0.05) is 0 Å². The molecule has 11 heavy (non-hydrogen) atoms. The van der Waals surface area contributed by atoms with Crippen molar-refractivity contribution in [3.8, 4) is 5.75 Å². The molecule has 0 aliphatic carbocycles. The fourth-order valence-electron chi connectivity index (χ4n) is 0.998. The van der Waals surface area contributed by atoms with E-state index in [1.54, 1.807) is 0 Å². The molecule has 0 spiro atoms. The van der Waals surface area contributed by atoms with Crippen LogP contribution in [0.4, 0.5) is 0 Å². The normalized spacial score (nSPS) is 9.82. The maximum atomic E-state index is 5.06.